The van der Waals surface area contributed by atoms with Gasteiger partial charge in [-0.25, -0.2) is 4.98 Å². The standard InChI is InChI=1S/C13H12Cl2N2OS/c1-7-3-4-9(5-8(7)2)10-6-19-13(16-10)17-12(18)11(14)15/h3-6,11H,1-2H3,(H,16,17,18). The lowest BCUT2D eigenvalue weighted by atomic mass is 10.1. The van der Waals surface area contributed by atoms with Crippen LogP contribution in [0.25, 0.3) is 11.3 Å². The molecule has 3 nitrogen and oxygen atoms in total. The number of aryl methyl sites for hydroxylation is 2. The van der Waals surface area contributed by atoms with Crippen LogP contribution in [0.5, 0.6) is 0 Å². The Labute approximate surface area is 125 Å². The summed E-state index contributed by atoms with van der Waals surface area (Å²) in [6.07, 6.45) is 0. The van der Waals surface area contributed by atoms with E-state index in [-0.39, 0.29) is 0 Å². The maximum atomic E-state index is 11.3. The number of nitrogens with zero attached hydrogens (tertiary/aromatic N) is 1. The first-order valence-electron chi connectivity index (χ1n) is 5.59. The topological polar surface area (TPSA) is 42.0 Å². The van der Waals surface area contributed by atoms with Crippen LogP contribution in [-0.2, 0) is 4.79 Å². The van der Waals surface area contributed by atoms with Crippen molar-refractivity contribution in [3.63, 3.8) is 0 Å². The molecule has 0 aliphatic heterocycles. The fourth-order valence-corrected chi connectivity index (χ4v) is 2.36. The summed E-state index contributed by atoms with van der Waals surface area (Å²) in [7, 11) is 0. The Morgan fingerprint density at radius 2 is 2.05 bits per heavy atom. The number of rotatable bonds is 3. The summed E-state index contributed by atoms with van der Waals surface area (Å²) in [5, 5.41) is 4.94. The SMILES string of the molecule is Cc1ccc(-c2csc(NC(=O)C(Cl)Cl)n2)cc1C. The van der Waals surface area contributed by atoms with Gasteiger partial charge in [0.2, 0.25) is 0 Å². The number of aromatic nitrogens is 1. The van der Waals surface area contributed by atoms with Gasteiger partial charge in [-0.15, -0.1) is 11.3 Å². The number of alkyl halides is 2. The minimum atomic E-state index is -1.09. The van der Waals surface area contributed by atoms with Crippen LogP contribution < -0.4 is 5.32 Å². The zero-order valence-corrected chi connectivity index (χ0v) is 12.7. The Morgan fingerprint density at radius 1 is 1.32 bits per heavy atom. The molecule has 0 fully saturated rings. The fraction of sp³-hybridized carbons (Fsp3) is 0.231. The number of amides is 1. The van der Waals surface area contributed by atoms with Crippen molar-refractivity contribution in [1.82, 2.24) is 4.98 Å². The van der Waals surface area contributed by atoms with Gasteiger partial charge in [0.15, 0.2) is 9.97 Å². The van der Waals surface area contributed by atoms with Gasteiger partial charge in [-0.1, -0.05) is 35.3 Å². The van der Waals surface area contributed by atoms with Crippen LogP contribution in [0.4, 0.5) is 5.13 Å². The Balaban J connectivity index is 2.21. The summed E-state index contributed by atoms with van der Waals surface area (Å²) in [4.78, 5) is 14.6. The van der Waals surface area contributed by atoms with Crippen molar-refractivity contribution in [2.75, 3.05) is 5.32 Å². The number of nitrogens with one attached hydrogen (secondary N) is 1. The average molecular weight is 315 g/mol. The molecule has 1 heterocycles. The van der Waals surface area contributed by atoms with E-state index in [1.165, 1.54) is 22.5 Å². The normalized spacial score (nSPS) is 10.8. The number of halogens is 2. The second-order valence-electron chi connectivity index (χ2n) is 4.13. The first-order chi connectivity index (χ1) is 8.97. The summed E-state index contributed by atoms with van der Waals surface area (Å²) >= 11 is 12.3. The molecule has 1 amide bonds. The molecule has 0 saturated heterocycles. The van der Waals surface area contributed by atoms with Gasteiger partial charge in [0.25, 0.3) is 5.91 Å². The third-order valence-electron chi connectivity index (χ3n) is 2.74. The molecular formula is C13H12Cl2N2OS. The molecule has 0 saturated carbocycles. The highest BCUT2D eigenvalue weighted by atomic mass is 35.5. The summed E-state index contributed by atoms with van der Waals surface area (Å²) in [5.74, 6) is -0.468. The molecule has 0 radical (unpaired) electrons. The summed E-state index contributed by atoms with van der Waals surface area (Å²) in [5.41, 5.74) is 4.29. The Bertz CT molecular complexity index is 610. The molecule has 6 heteroatoms. The van der Waals surface area contributed by atoms with Gasteiger partial charge in [-0.2, -0.15) is 0 Å². The van der Waals surface area contributed by atoms with E-state index >= 15 is 0 Å². The van der Waals surface area contributed by atoms with Gasteiger partial charge in [0.05, 0.1) is 5.69 Å². The average Bonchev–Trinajstić information content (AvgIpc) is 2.81. The van der Waals surface area contributed by atoms with Crippen LogP contribution in [0.2, 0.25) is 0 Å². The van der Waals surface area contributed by atoms with Crippen LogP contribution >= 0.6 is 34.5 Å². The number of anilines is 1. The van der Waals surface area contributed by atoms with E-state index in [0.29, 0.717) is 5.13 Å². The molecule has 0 aliphatic carbocycles. The van der Waals surface area contributed by atoms with Gasteiger partial charge in [0, 0.05) is 10.9 Å². The third-order valence-corrected chi connectivity index (χ3v) is 3.89. The van der Waals surface area contributed by atoms with Crippen molar-refractivity contribution in [1.29, 1.82) is 0 Å². The van der Waals surface area contributed by atoms with E-state index in [4.69, 9.17) is 23.2 Å². The molecule has 1 N–H and O–H groups in total. The molecule has 0 aliphatic rings. The molecule has 1 aromatic carbocycles. The molecule has 1 aromatic heterocycles. The lowest BCUT2D eigenvalue weighted by Gasteiger charge is -2.03. The van der Waals surface area contributed by atoms with Crippen LogP contribution in [0, 0.1) is 13.8 Å². The first-order valence-corrected chi connectivity index (χ1v) is 7.35. The fourth-order valence-electron chi connectivity index (χ4n) is 1.52. The van der Waals surface area contributed by atoms with Gasteiger partial charge in [-0.3, -0.25) is 10.1 Å². The summed E-state index contributed by atoms with van der Waals surface area (Å²) < 4.78 is 0. The van der Waals surface area contributed by atoms with Crippen molar-refractivity contribution < 1.29 is 4.79 Å². The number of benzene rings is 1. The lowest BCUT2D eigenvalue weighted by molar-refractivity contribution is -0.114. The zero-order valence-electron chi connectivity index (χ0n) is 10.4. The van der Waals surface area contributed by atoms with E-state index in [9.17, 15) is 4.79 Å². The molecule has 100 valence electrons. The molecule has 0 unspecified atom stereocenters. The van der Waals surface area contributed by atoms with Crippen molar-refractivity contribution in [3.05, 3.63) is 34.7 Å². The third kappa shape index (κ3) is 3.47. The quantitative estimate of drug-likeness (QED) is 0.864. The van der Waals surface area contributed by atoms with E-state index in [2.05, 4.69) is 36.3 Å². The Morgan fingerprint density at radius 3 is 2.68 bits per heavy atom. The number of carbonyl (C=O) groups excluding carboxylic acids is 1. The number of hydrogen-bond acceptors (Lipinski definition) is 3. The van der Waals surface area contributed by atoms with Crippen molar-refractivity contribution >= 4 is 45.6 Å². The van der Waals surface area contributed by atoms with Crippen LogP contribution in [0.1, 0.15) is 11.1 Å². The molecule has 19 heavy (non-hydrogen) atoms. The first kappa shape index (κ1) is 14.3. The van der Waals surface area contributed by atoms with Gasteiger partial charge < -0.3 is 0 Å². The predicted octanol–water partition coefficient (Wildman–Crippen LogP) is 4.17. The number of hydrogen-bond donors (Lipinski definition) is 1. The monoisotopic (exact) mass is 314 g/mol. The highest BCUT2D eigenvalue weighted by Crippen LogP contribution is 2.26. The van der Waals surface area contributed by atoms with Crippen molar-refractivity contribution in [3.8, 4) is 11.3 Å². The second kappa shape index (κ2) is 5.90. The highest BCUT2D eigenvalue weighted by Gasteiger charge is 2.14. The van der Waals surface area contributed by atoms with Crippen molar-refractivity contribution in [2.24, 2.45) is 0 Å². The summed E-state index contributed by atoms with van der Waals surface area (Å²) in [6, 6.07) is 6.13. The molecule has 2 aromatic rings. The predicted molar refractivity (Wildman–Crippen MR) is 81.1 cm³/mol. The maximum Gasteiger partial charge on any atom is 0.259 e. The molecule has 0 atom stereocenters. The zero-order chi connectivity index (χ0) is 14.0. The molecule has 0 bridgehead atoms. The van der Waals surface area contributed by atoms with E-state index in [1.54, 1.807) is 0 Å². The molecule has 0 spiro atoms. The second-order valence-corrected chi connectivity index (χ2v) is 6.08. The lowest BCUT2D eigenvalue weighted by Crippen LogP contribution is -2.18. The number of carbonyl (C=O) groups is 1. The van der Waals surface area contributed by atoms with Crippen LogP contribution in [0.3, 0.4) is 0 Å². The van der Waals surface area contributed by atoms with E-state index < -0.39 is 10.7 Å². The largest absolute Gasteiger partial charge is 0.300 e. The minimum absolute atomic E-state index is 0.468. The minimum Gasteiger partial charge on any atom is -0.300 e. The Kier molecular flexibility index (Phi) is 4.45. The van der Waals surface area contributed by atoms with Crippen molar-refractivity contribution in [2.45, 2.75) is 18.7 Å². The smallest absolute Gasteiger partial charge is 0.259 e. The highest BCUT2D eigenvalue weighted by molar-refractivity contribution is 7.14. The van der Waals surface area contributed by atoms with E-state index in [0.717, 1.165) is 11.3 Å². The molecule has 2 rings (SSSR count). The van der Waals surface area contributed by atoms with Gasteiger partial charge in [-0.05, 0) is 31.0 Å². The van der Waals surface area contributed by atoms with Crippen LogP contribution in [-0.4, -0.2) is 15.7 Å². The molecular weight excluding hydrogens is 303 g/mol. The Hall–Kier alpha value is -1.10. The van der Waals surface area contributed by atoms with Gasteiger partial charge >= 0.3 is 0 Å². The number of thiazole rings is 1. The van der Waals surface area contributed by atoms with Crippen LogP contribution in [0.15, 0.2) is 23.6 Å². The van der Waals surface area contributed by atoms with Gasteiger partial charge in [0.1, 0.15) is 0 Å². The van der Waals surface area contributed by atoms with E-state index in [1.807, 2.05) is 11.4 Å². The summed E-state index contributed by atoms with van der Waals surface area (Å²) in [6.45, 7) is 4.12. The maximum absolute atomic E-state index is 11.3.